The van der Waals surface area contributed by atoms with Gasteiger partial charge in [-0.25, -0.2) is 4.39 Å². The van der Waals surface area contributed by atoms with E-state index in [0.717, 1.165) is 12.8 Å². The number of halogens is 2. The summed E-state index contributed by atoms with van der Waals surface area (Å²) in [6.07, 6.45) is 2.96. The monoisotopic (exact) mass is 370 g/mol. The van der Waals surface area contributed by atoms with E-state index in [1.165, 1.54) is 24.3 Å². The first-order chi connectivity index (χ1) is 11.5. The summed E-state index contributed by atoms with van der Waals surface area (Å²) in [5, 5.41) is 0. The summed E-state index contributed by atoms with van der Waals surface area (Å²) in [7, 11) is 0. The maximum Gasteiger partial charge on any atom is 0.230 e. The number of carbonyl (C=O) groups is 2. The van der Waals surface area contributed by atoms with Crippen LogP contribution in [0.3, 0.4) is 0 Å². The van der Waals surface area contributed by atoms with Crippen LogP contribution in [0.15, 0.2) is 24.3 Å². The minimum absolute atomic E-state index is 0. The van der Waals surface area contributed by atoms with Crippen molar-refractivity contribution in [2.75, 3.05) is 19.6 Å². The Morgan fingerprint density at radius 2 is 1.84 bits per heavy atom. The first-order valence-electron chi connectivity index (χ1n) is 8.76. The summed E-state index contributed by atoms with van der Waals surface area (Å²) in [5.41, 5.74) is 5.87. The lowest BCUT2D eigenvalue weighted by atomic mass is 9.79. The molecule has 1 aromatic rings. The Labute approximate surface area is 155 Å². The minimum atomic E-state index is -0.527. The number of hydrogen-bond acceptors (Lipinski definition) is 3. The van der Waals surface area contributed by atoms with Gasteiger partial charge in [-0.15, -0.1) is 12.4 Å². The molecule has 6 heteroatoms. The van der Waals surface area contributed by atoms with Gasteiger partial charge in [0, 0.05) is 31.1 Å². The number of Topliss-reactive ketones (excluding diaryl/α,β-unsaturated/α-hetero) is 1. The van der Waals surface area contributed by atoms with E-state index in [9.17, 15) is 14.0 Å². The van der Waals surface area contributed by atoms with Crippen LogP contribution >= 0.6 is 12.4 Å². The Kier molecular flexibility index (Phi) is 8.03. The molecule has 1 fully saturated rings. The topological polar surface area (TPSA) is 63.4 Å². The first-order valence-corrected chi connectivity index (χ1v) is 8.76. The lowest BCUT2D eigenvalue weighted by molar-refractivity contribution is -0.143. The highest BCUT2D eigenvalue weighted by Gasteiger charge is 2.39. The number of amides is 1. The quantitative estimate of drug-likeness (QED) is 0.780. The minimum Gasteiger partial charge on any atom is -0.341 e. The SMILES string of the molecule is CCC(CC)(CN)C(=O)N1CCCC(C(=O)c2ccc(F)cc2)C1.Cl. The zero-order chi connectivity index (χ0) is 17.7. The first kappa shape index (κ1) is 21.6. The molecule has 1 aromatic carbocycles. The van der Waals surface area contributed by atoms with Gasteiger partial charge >= 0.3 is 0 Å². The van der Waals surface area contributed by atoms with Crippen LogP contribution < -0.4 is 5.73 Å². The van der Waals surface area contributed by atoms with Gasteiger partial charge in [-0.3, -0.25) is 9.59 Å². The van der Waals surface area contributed by atoms with Gasteiger partial charge in [0.2, 0.25) is 5.91 Å². The standard InChI is InChI=1S/C19H27FN2O2.ClH/c1-3-19(4-2,13-21)18(24)22-11-5-6-15(12-22)17(23)14-7-9-16(20)10-8-14;/h7-10,15H,3-6,11-13,21H2,1-2H3;1H. The molecule has 2 N–H and O–H groups in total. The molecule has 1 amide bonds. The third kappa shape index (κ3) is 4.59. The summed E-state index contributed by atoms with van der Waals surface area (Å²) < 4.78 is 13.0. The highest BCUT2D eigenvalue weighted by Crippen LogP contribution is 2.31. The van der Waals surface area contributed by atoms with Gasteiger partial charge < -0.3 is 10.6 Å². The molecule has 1 atom stereocenters. The fraction of sp³-hybridized carbons (Fsp3) is 0.579. The second kappa shape index (κ2) is 9.30. The second-order valence-electron chi connectivity index (χ2n) is 6.65. The van der Waals surface area contributed by atoms with Crippen LogP contribution in [-0.4, -0.2) is 36.2 Å². The molecule has 0 bridgehead atoms. The van der Waals surface area contributed by atoms with E-state index >= 15 is 0 Å². The predicted molar refractivity (Wildman–Crippen MR) is 99.4 cm³/mol. The number of hydrogen-bond donors (Lipinski definition) is 1. The van der Waals surface area contributed by atoms with Crippen molar-refractivity contribution in [2.24, 2.45) is 17.1 Å². The fourth-order valence-electron chi connectivity index (χ4n) is 3.49. The van der Waals surface area contributed by atoms with Crippen LogP contribution in [0.4, 0.5) is 4.39 Å². The molecule has 1 saturated heterocycles. The number of nitrogens with zero attached hydrogens (tertiary/aromatic N) is 1. The Morgan fingerprint density at radius 1 is 1.24 bits per heavy atom. The molecule has 1 aliphatic heterocycles. The fourth-order valence-corrected chi connectivity index (χ4v) is 3.49. The van der Waals surface area contributed by atoms with E-state index in [1.807, 2.05) is 13.8 Å². The molecule has 140 valence electrons. The van der Waals surface area contributed by atoms with Crippen molar-refractivity contribution >= 4 is 24.1 Å². The van der Waals surface area contributed by atoms with Crippen molar-refractivity contribution in [1.82, 2.24) is 4.90 Å². The molecule has 0 aliphatic carbocycles. The van der Waals surface area contributed by atoms with Crippen LogP contribution in [0.5, 0.6) is 0 Å². The Hall–Kier alpha value is -1.46. The molecule has 0 radical (unpaired) electrons. The molecule has 0 saturated carbocycles. The van der Waals surface area contributed by atoms with Crippen LogP contribution in [0.1, 0.15) is 49.9 Å². The maximum atomic E-state index is 13.0. The van der Waals surface area contributed by atoms with Gasteiger partial charge in [-0.1, -0.05) is 13.8 Å². The number of ketones is 1. The maximum absolute atomic E-state index is 13.0. The summed E-state index contributed by atoms with van der Waals surface area (Å²) in [6.45, 7) is 5.40. The average molecular weight is 371 g/mol. The van der Waals surface area contributed by atoms with E-state index < -0.39 is 5.41 Å². The largest absolute Gasteiger partial charge is 0.341 e. The lowest BCUT2D eigenvalue weighted by Gasteiger charge is -2.39. The van der Waals surface area contributed by atoms with Crippen molar-refractivity contribution in [2.45, 2.75) is 39.5 Å². The van der Waals surface area contributed by atoms with Crippen molar-refractivity contribution in [1.29, 1.82) is 0 Å². The normalized spacial score (nSPS) is 17.8. The number of nitrogens with two attached hydrogens (primary N) is 1. The van der Waals surface area contributed by atoms with Gasteiger partial charge in [0.25, 0.3) is 0 Å². The number of carbonyl (C=O) groups excluding carboxylic acids is 2. The Morgan fingerprint density at radius 3 is 2.36 bits per heavy atom. The molecule has 0 spiro atoms. The number of benzene rings is 1. The number of likely N-dealkylation sites (tertiary alicyclic amines) is 1. The molecule has 0 aromatic heterocycles. The van der Waals surface area contributed by atoms with Gasteiger partial charge in [0.15, 0.2) is 5.78 Å². The molecule has 1 aliphatic rings. The van der Waals surface area contributed by atoms with Crippen molar-refractivity contribution < 1.29 is 14.0 Å². The van der Waals surface area contributed by atoms with Crippen LogP contribution in [0.2, 0.25) is 0 Å². The van der Waals surface area contributed by atoms with Crippen molar-refractivity contribution in [3.8, 4) is 0 Å². The third-order valence-electron chi connectivity index (χ3n) is 5.41. The highest BCUT2D eigenvalue weighted by atomic mass is 35.5. The van der Waals surface area contributed by atoms with Gasteiger partial charge in [-0.05, 0) is 49.9 Å². The smallest absolute Gasteiger partial charge is 0.230 e. The average Bonchev–Trinajstić information content (AvgIpc) is 2.63. The van der Waals surface area contributed by atoms with Crippen LogP contribution in [0.25, 0.3) is 0 Å². The van der Waals surface area contributed by atoms with Gasteiger partial charge in [-0.2, -0.15) is 0 Å². The van der Waals surface area contributed by atoms with Gasteiger partial charge in [0.05, 0.1) is 5.41 Å². The molecule has 1 heterocycles. The van der Waals surface area contributed by atoms with Crippen LogP contribution in [-0.2, 0) is 4.79 Å². The summed E-state index contributed by atoms with van der Waals surface area (Å²) in [4.78, 5) is 27.4. The van der Waals surface area contributed by atoms with Crippen molar-refractivity contribution in [3.05, 3.63) is 35.6 Å². The molecular formula is C19H28ClFN2O2. The van der Waals surface area contributed by atoms with Gasteiger partial charge in [0.1, 0.15) is 5.82 Å². The second-order valence-corrected chi connectivity index (χ2v) is 6.65. The number of piperidine rings is 1. The van der Waals surface area contributed by atoms with Crippen molar-refractivity contribution in [3.63, 3.8) is 0 Å². The molecule has 1 unspecified atom stereocenters. The molecule has 25 heavy (non-hydrogen) atoms. The van der Waals surface area contributed by atoms with Crippen LogP contribution in [0, 0.1) is 17.2 Å². The molecule has 4 nitrogen and oxygen atoms in total. The Balaban J connectivity index is 0.00000312. The molecular weight excluding hydrogens is 343 g/mol. The zero-order valence-electron chi connectivity index (χ0n) is 15.0. The van der Waals surface area contributed by atoms with E-state index in [2.05, 4.69) is 0 Å². The Bertz CT molecular complexity index is 579. The van der Waals surface area contributed by atoms with E-state index in [0.29, 0.717) is 38.0 Å². The molecule has 2 rings (SSSR count). The van der Waals surface area contributed by atoms with E-state index in [4.69, 9.17) is 5.73 Å². The van der Waals surface area contributed by atoms with E-state index in [1.54, 1.807) is 4.90 Å². The zero-order valence-corrected chi connectivity index (χ0v) is 15.8. The summed E-state index contributed by atoms with van der Waals surface area (Å²) >= 11 is 0. The number of rotatable bonds is 6. The summed E-state index contributed by atoms with van der Waals surface area (Å²) in [5.74, 6) is -0.534. The predicted octanol–water partition coefficient (Wildman–Crippen LogP) is 3.43. The summed E-state index contributed by atoms with van der Waals surface area (Å²) in [6, 6.07) is 5.63. The van der Waals surface area contributed by atoms with E-state index in [-0.39, 0.29) is 35.8 Å². The highest BCUT2D eigenvalue weighted by molar-refractivity contribution is 5.98. The lowest BCUT2D eigenvalue weighted by Crippen LogP contribution is -2.51. The third-order valence-corrected chi connectivity index (χ3v) is 5.41.